The van der Waals surface area contributed by atoms with Crippen LogP contribution in [0.15, 0.2) is 168 Å². The highest BCUT2D eigenvalue weighted by molar-refractivity contribution is 6.04. The Morgan fingerprint density at radius 2 is 1.02 bits per heavy atom. The van der Waals surface area contributed by atoms with Crippen LogP contribution < -0.4 is 0 Å². The normalized spacial score (nSPS) is 11.1. The van der Waals surface area contributed by atoms with E-state index in [9.17, 15) is 5.26 Å². The maximum absolute atomic E-state index is 9.98. The standard InChI is InChI=1S/C45H27N5O/c46-28-29-22-24-37(36-20-9-10-21-38(36)45-47-40-25-23-30-12-7-8-19-35(30)41(40)51-45)39(26-29)33-17-11-18-34(27-33)44-49-42(31-13-3-1-4-14-31)48-43(50-44)32-15-5-2-6-16-32/h1-27H. The van der Waals surface area contributed by atoms with Gasteiger partial charge >= 0.3 is 0 Å². The summed E-state index contributed by atoms with van der Waals surface area (Å²) in [6, 6.07) is 56.5. The Morgan fingerprint density at radius 1 is 0.431 bits per heavy atom. The van der Waals surface area contributed by atoms with Crippen molar-refractivity contribution in [3.63, 3.8) is 0 Å². The molecule has 0 bridgehead atoms. The summed E-state index contributed by atoms with van der Waals surface area (Å²) in [4.78, 5) is 19.7. The fourth-order valence-electron chi connectivity index (χ4n) is 6.53. The van der Waals surface area contributed by atoms with E-state index < -0.39 is 0 Å². The van der Waals surface area contributed by atoms with Crippen molar-refractivity contribution >= 4 is 21.9 Å². The molecule has 6 nitrogen and oxygen atoms in total. The first-order chi connectivity index (χ1) is 25.2. The number of aromatic nitrogens is 4. The van der Waals surface area contributed by atoms with Gasteiger partial charge in [-0.2, -0.15) is 5.26 Å². The average molecular weight is 654 g/mol. The van der Waals surface area contributed by atoms with Crippen LogP contribution in [0.25, 0.3) is 89.7 Å². The molecule has 0 amide bonds. The van der Waals surface area contributed by atoms with Crippen LogP contribution in [0.5, 0.6) is 0 Å². The highest BCUT2D eigenvalue weighted by Crippen LogP contribution is 2.41. The highest BCUT2D eigenvalue weighted by atomic mass is 16.3. The third-order valence-electron chi connectivity index (χ3n) is 9.01. The average Bonchev–Trinajstić information content (AvgIpc) is 3.66. The Bertz CT molecular complexity index is 2710. The highest BCUT2D eigenvalue weighted by Gasteiger charge is 2.19. The van der Waals surface area contributed by atoms with Gasteiger partial charge in [0.2, 0.25) is 5.89 Å². The van der Waals surface area contributed by atoms with Gasteiger partial charge in [-0.05, 0) is 58.0 Å². The van der Waals surface area contributed by atoms with Crippen LogP contribution >= 0.6 is 0 Å². The van der Waals surface area contributed by atoms with E-state index in [0.717, 1.165) is 66.4 Å². The zero-order chi connectivity index (χ0) is 34.1. The summed E-state index contributed by atoms with van der Waals surface area (Å²) in [6.07, 6.45) is 0. The van der Waals surface area contributed by atoms with E-state index in [1.807, 2.05) is 127 Å². The van der Waals surface area contributed by atoms with Crippen LogP contribution in [0.2, 0.25) is 0 Å². The monoisotopic (exact) mass is 653 g/mol. The van der Waals surface area contributed by atoms with Gasteiger partial charge < -0.3 is 4.42 Å². The van der Waals surface area contributed by atoms with Gasteiger partial charge in [-0.1, -0.05) is 133 Å². The predicted octanol–water partition coefficient (Wildman–Crippen LogP) is 11.0. The fraction of sp³-hybridized carbons (Fsp3) is 0. The van der Waals surface area contributed by atoms with Gasteiger partial charge in [0.25, 0.3) is 0 Å². The Kier molecular flexibility index (Phi) is 7.42. The maximum atomic E-state index is 9.98. The number of nitrogens with zero attached hydrogens (tertiary/aromatic N) is 5. The predicted molar refractivity (Wildman–Crippen MR) is 202 cm³/mol. The summed E-state index contributed by atoms with van der Waals surface area (Å²) in [7, 11) is 0. The number of nitriles is 1. The molecule has 238 valence electrons. The maximum Gasteiger partial charge on any atom is 0.227 e. The Hall–Kier alpha value is -7.23. The van der Waals surface area contributed by atoms with Crippen molar-refractivity contribution in [2.24, 2.45) is 0 Å². The van der Waals surface area contributed by atoms with Crippen LogP contribution in [-0.4, -0.2) is 19.9 Å². The van der Waals surface area contributed by atoms with E-state index in [4.69, 9.17) is 24.4 Å². The molecule has 0 fully saturated rings. The molecule has 0 aliphatic rings. The minimum absolute atomic E-state index is 0.535. The van der Waals surface area contributed by atoms with Gasteiger partial charge in [-0.25, -0.2) is 19.9 Å². The lowest BCUT2D eigenvalue weighted by molar-refractivity contribution is 0.623. The lowest BCUT2D eigenvalue weighted by Crippen LogP contribution is -2.00. The summed E-state index contributed by atoms with van der Waals surface area (Å²) in [6.45, 7) is 0. The topological polar surface area (TPSA) is 88.5 Å². The van der Waals surface area contributed by atoms with Crippen molar-refractivity contribution in [1.29, 1.82) is 5.26 Å². The van der Waals surface area contributed by atoms with E-state index in [2.05, 4.69) is 42.5 Å². The molecule has 0 radical (unpaired) electrons. The number of oxazole rings is 1. The number of fused-ring (bicyclic) bond motifs is 3. The van der Waals surface area contributed by atoms with Crippen molar-refractivity contribution < 1.29 is 4.42 Å². The molecule has 7 aromatic carbocycles. The fourth-order valence-corrected chi connectivity index (χ4v) is 6.53. The summed E-state index contributed by atoms with van der Waals surface area (Å²) in [5.41, 5.74) is 9.31. The zero-order valence-electron chi connectivity index (χ0n) is 27.2. The molecule has 0 aliphatic carbocycles. The van der Waals surface area contributed by atoms with Gasteiger partial charge in [0.05, 0.1) is 11.6 Å². The van der Waals surface area contributed by atoms with Crippen molar-refractivity contribution in [3.05, 3.63) is 169 Å². The molecule has 0 saturated heterocycles. The van der Waals surface area contributed by atoms with E-state index >= 15 is 0 Å². The van der Waals surface area contributed by atoms with Crippen molar-refractivity contribution in [3.8, 4) is 73.9 Å². The van der Waals surface area contributed by atoms with E-state index in [0.29, 0.717) is 28.9 Å². The molecular formula is C45H27N5O. The van der Waals surface area contributed by atoms with Gasteiger partial charge in [0.15, 0.2) is 23.1 Å². The molecule has 0 N–H and O–H groups in total. The first-order valence-electron chi connectivity index (χ1n) is 16.6. The lowest BCUT2D eigenvalue weighted by atomic mass is 9.90. The zero-order valence-corrected chi connectivity index (χ0v) is 27.2. The summed E-state index contributed by atoms with van der Waals surface area (Å²) in [5.74, 6) is 2.28. The third kappa shape index (κ3) is 5.59. The van der Waals surface area contributed by atoms with Gasteiger partial charge in [-0.15, -0.1) is 0 Å². The first kappa shape index (κ1) is 29.9. The molecule has 2 aromatic heterocycles. The number of hydrogen-bond acceptors (Lipinski definition) is 6. The van der Waals surface area contributed by atoms with E-state index in [1.54, 1.807) is 0 Å². The van der Waals surface area contributed by atoms with E-state index in [1.165, 1.54) is 0 Å². The molecular weight excluding hydrogens is 627 g/mol. The van der Waals surface area contributed by atoms with Gasteiger partial charge in [0.1, 0.15) is 5.52 Å². The Labute approximate surface area is 294 Å². The lowest BCUT2D eigenvalue weighted by Gasteiger charge is -2.14. The van der Waals surface area contributed by atoms with Crippen LogP contribution in [0.4, 0.5) is 0 Å². The quantitative estimate of drug-likeness (QED) is 0.177. The minimum atomic E-state index is 0.535. The van der Waals surface area contributed by atoms with Crippen LogP contribution in [0.1, 0.15) is 5.56 Å². The molecule has 6 heteroatoms. The summed E-state index contributed by atoms with van der Waals surface area (Å²) < 4.78 is 6.51. The van der Waals surface area contributed by atoms with Crippen LogP contribution in [0, 0.1) is 11.3 Å². The van der Waals surface area contributed by atoms with Gasteiger partial charge in [0, 0.05) is 27.6 Å². The molecule has 0 spiro atoms. The second kappa shape index (κ2) is 12.7. The molecule has 0 unspecified atom stereocenters. The molecule has 9 rings (SSSR count). The summed E-state index contributed by atoms with van der Waals surface area (Å²) in [5, 5.41) is 12.1. The van der Waals surface area contributed by atoms with Gasteiger partial charge in [-0.3, -0.25) is 0 Å². The van der Waals surface area contributed by atoms with Crippen molar-refractivity contribution in [1.82, 2.24) is 19.9 Å². The minimum Gasteiger partial charge on any atom is -0.435 e. The smallest absolute Gasteiger partial charge is 0.227 e. The second-order valence-electron chi connectivity index (χ2n) is 12.2. The van der Waals surface area contributed by atoms with Crippen LogP contribution in [0.3, 0.4) is 0 Å². The number of benzene rings is 7. The second-order valence-corrected chi connectivity index (χ2v) is 12.2. The SMILES string of the molecule is N#Cc1ccc(-c2ccccc2-c2nc3ccc4ccccc4c3o2)c(-c2cccc(-c3nc(-c4ccccc4)nc(-c4ccccc4)n3)c2)c1. The van der Waals surface area contributed by atoms with Crippen molar-refractivity contribution in [2.75, 3.05) is 0 Å². The summed E-state index contributed by atoms with van der Waals surface area (Å²) >= 11 is 0. The molecule has 0 aliphatic heterocycles. The molecule has 0 saturated carbocycles. The van der Waals surface area contributed by atoms with Crippen molar-refractivity contribution in [2.45, 2.75) is 0 Å². The molecule has 0 atom stereocenters. The molecule has 2 heterocycles. The Morgan fingerprint density at radius 3 is 1.75 bits per heavy atom. The number of rotatable bonds is 6. The van der Waals surface area contributed by atoms with Crippen LogP contribution in [-0.2, 0) is 0 Å². The third-order valence-corrected chi connectivity index (χ3v) is 9.01. The first-order valence-corrected chi connectivity index (χ1v) is 16.6. The van der Waals surface area contributed by atoms with E-state index in [-0.39, 0.29) is 0 Å². The Balaban J connectivity index is 1.19. The molecule has 9 aromatic rings. The molecule has 51 heavy (non-hydrogen) atoms. The largest absolute Gasteiger partial charge is 0.435 e. The number of hydrogen-bond donors (Lipinski definition) is 0.